The fraction of sp³-hybridized carbons (Fsp3) is 0.481. The maximum atomic E-state index is 13.7. The predicted octanol–water partition coefficient (Wildman–Crippen LogP) is 4.10. The van der Waals surface area contributed by atoms with Gasteiger partial charge in [0.2, 0.25) is 21.8 Å². The lowest BCUT2D eigenvalue weighted by molar-refractivity contribution is -0.140. The van der Waals surface area contributed by atoms with Crippen molar-refractivity contribution in [3.63, 3.8) is 0 Å². The first-order valence-corrected chi connectivity index (χ1v) is 14.0. The third-order valence-electron chi connectivity index (χ3n) is 6.21. The highest BCUT2D eigenvalue weighted by Gasteiger charge is 2.32. The summed E-state index contributed by atoms with van der Waals surface area (Å²) in [7, 11) is -3.75. The minimum atomic E-state index is -3.75. The Morgan fingerprint density at radius 3 is 2.23 bits per heavy atom. The molecule has 0 unspecified atom stereocenters. The molecule has 35 heavy (non-hydrogen) atoms. The van der Waals surface area contributed by atoms with E-state index in [4.69, 9.17) is 0 Å². The van der Waals surface area contributed by atoms with Crippen molar-refractivity contribution >= 4 is 27.5 Å². The molecule has 2 aromatic rings. The number of amides is 2. The number of anilines is 1. The first kappa shape index (κ1) is 28.4. The number of carbonyl (C=O) groups is 2. The molecule has 0 bridgehead atoms. The Balaban J connectivity index is 2.43. The SMILES string of the molecule is CCCCNC(=O)[C@H](CC)N(Cc1ccc(C)cc1)C(=O)CN(c1cccc(C)c1C)S(C)(=O)=O. The highest BCUT2D eigenvalue weighted by atomic mass is 32.2. The van der Waals surface area contributed by atoms with Crippen molar-refractivity contribution < 1.29 is 18.0 Å². The zero-order valence-electron chi connectivity index (χ0n) is 21.8. The van der Waals surface area contributed by atoms with Crippen molar-refractivity contribution in [1.82, 2.24) is 10.2 Å². The first-order chi connectivity index (χ1) is 16.5. The molecule has 192 valence electrons. The molecule has 0 saturated heterocycles. The van der Waals surface area contributed by atoms with Crippen LogP contribution in [0.25, 0.3) is 0 Å². The summed E-state index contributed by atoms with van der Waals surface area (Å²) in [6.45, 7) is 10.00. The van der Waals surface area contributed by atoms with Crippen LogP contribution in [-0.4, -0.2) is 50.5 Å². The van der Waals surface area contributed by atoms with E-state index in [2.05, 4.69) is 5.32 Å². The van der Waals surface area contributed by atoms with Gasteiger partial charge in [0, 0.05) is 13.1 Å². The number of unbranched alkanes of at least 4 members (excludes halogenated alkanes) is 1. The Labute approximate surface area is 210 Å². The molecule has 0 radical (unpaired) electrons. The Hall–Kier alpha value is -2.87. The number of hydrogen-bond donors (Lipinski definition) is 1. The maximum absolute atomic E-state index is 13.7. The normalized spacial score (nSPS) is 12.2. The Bertz CT molecular complexity index is 1110. The van der Waals surface area contributed by atoms with Gasteiger partial charge in [0.1, 0.15) is 12.6 Å². The number of hydrogen-bond acceptors (Lipinski definition) is 4. The minimum Gasteiger partial charge on any atom is -0.354 e. The monoisotopic (exact) mass is 501 g/mol. The highest BCUT2D eigenvalue weighted by molar-refractivity contribution is 7.92. The molecule has 1 atom stereocenters. The molecule has 0 aliphatic rings. The Kier molecular flexibility index (Phi) is 10.3. The summed E-state index contributed by atoms with van der Waals surface area (Å²) in [5, 5.41) is 2.93. The third kappa shape index (κ3) is 7.82. The zero-order chi connectivity index (χ0) is 26.2. The second-order valence-corrected chi connectivity index (χ2v) is 11.0. The fourth-order valence-corrected chi connectivity index (χ4v) is 4.82. The standard InChI is InChI=1S/C27H39N3O4S/c1-7-9-17-28-27(32)24(8-2)29(18-23-15-13-20(3)14-16-23)26(31)19-30(35(6,33)34)25-12-10-11-21(4)22(25)5/h10-16,24H,7-9,17-19H2,1-6H3,(H,28,32)/t24-/m0/s1. The molecule has 2 aromatic carbocycles. The van der Waals surface area contributed by atoms with Gasteiger partial charge in [0.15, 0.2) is 0 Å². The summed E-state index contributed by atoms with van der Waals surface area (Å²) < 4.78 is 26.7. The second kappa shape index (κ2) is 12.7. The number of aryl methyl sites for hydroxylation is 2. The minimum absolute atomic E-state index is 0.212. The van der Waals surface area contributed by atoms with Crippen molar-refractivity contribution in [3.8, 4) is 0 Å². The van der Waals surface area contributed by atoms with Crippen LogP contribution >= 0.6 is 0 Å². The molecule has 0 aromatic heterocycles. The molecular formula is C27H39N3O4S. The van der Waals surface area contributed by atoms with Gasteiger partial charge >= 0.3 is 0 Å². The average molecular weight is 502 g/mol. The van der Waals surface area contributed by atoms with E-state index >= 15 is 0 Å². The highest BCUT2D eigenvalue weighted by Crippen LogP contribution is 2.25. The summed E-state index contributed by atoms with van der Waals surface area (Å²) in [6, 6.07) is 12.4. The van der Waals surface area contributed by atoms with E-state index in [0.29, 0.717) is 18.7 Å². The Morgan fingerprint density at radius 2 is 1.66 bits per heavy atom. The van der Waals surface area contributed by atoms with Crippen LogP contribution < -0.4 is 9.62 Å². The van der Waals surface area contributed by atoms with Crippen LogP contribution in [0.4, 0.5) is 5.69 Å². The zero-order valence-corrected chi connectivity index (χ0v) is 22.6. The largest absolute Gasteiger partial charge is 0.354 e. The van der Waals surface area contributed by atoms with Crippen LogP contribution in [0, 0.1) is 20.8 Å². The van der Waals surface area contributed by atoms with Crippen LogP contribution in [0.1, 0.15) is 55.4 Å². The molecule has 0 aliphatic carbocycles. The summed E-state index contributed by atoms with van der Waals surface area (Å²) in [4.78, 5) is 28.3. The van der Waals surface area contributed by atoms with Crippen LogP contribution in [0.15, 0.2) is 42.5 Å². The molecule has 2 rings (SSSR count). The molecule has 0 saturated carbocycles. The number of nitrogens with one attached hydrogen (secondary N) is 1. The van der Waals surface area contributed by atoms with Gasteiger partial charge in [-0.25, -0.2) is 8.42 Å². The van der Waals surface area contributed by atoms with Crippen LogP contribution in [0.3, 0.4) is 0 Å². The maximum Gasteiger partial charge on any atom is 0.244 e. The molecule has 0 heterocycles. The summed E-state index contributed by atoms with van der Waals surface area (Å²) >= 11 is 0. The van der Waals surface area contributed by atoms with Gasteiger partial charge in [0.05, 0.1) is 11.9 Å². The number of carbonyl (C=O) groups excluding carboxylic acids is 2. The van der Waals surface area contributed by atoms with Gasteiger partial charge in [-0.3, -0.25) is 13.9 Å². The van der Waals surface area contributed by atoms with Gasteiger partial charge in [-0.05, 0) is 56.4 Å². The number of benzene rings is 2. The van der Waals surface area contributed by atoms with Gasteiger partial charge in [-0.1, -0.05) is 62.2 Å². The lowest BCUT2D eigenvalue weighted by Gasteiger charge is -2.33. The number of rotatable bonds is 12. The molecule has 8 heteroatoms. The third-order valence-corrected chi connectivity index (χ3v) is 7.34. The van der Waals surface area contributed by atoms with Crippen LogP contribution in [0.5, 0.6) is 0 Å². The first-order valence-electron chi connectivity index (χ1n) is 12.2. The summed E-state index contributed by atoms with van der Waals surface area (Å²) in [5.41, 5.74) is 4.16. The van der Waals surface area contributed by atoms with E-state index in [1.807, 2.05) is 65.0 Å². The molecular weight excluding hydrogens is 462 g/mol. The van der Waals surface area contributed by atoms with Gasteiger partial charge in [-0.15, -0.1) is 0 Å². The van der Waals surface area contributed by atoms with Gasteiger partial charge < -0.3 is 10.2 Å². The predicted molar refractivity (Wildman–Crippen MR) is 142 cm³/mol. The Morgan fingerprint density at radius 1 is 1.00 bits per heavy atom. The number of nitrogens with zero attached hydrogens (tertiary/aromatic N) is 2. The number of sulfonamides is 1. The van der Waals surface area contributed by atoms with Crippen molar-refractivity contribution in [2.75, 3.05) is 23.7 Å². The molecule has 0 fully saturated rings. The van der Waals surface area contributed by atoms with E-state index in [-0.39, 0.29) is 19.0 Å². The molecule has 0 aliphatic heterocycles. The van der Waals surface area contributed by atoms with Crippen LogP contribution in [0.2, 0.25) is 0 Å². The molecule has 0 spiro atoms. The van der Waals surface area contributed by atoms with E-state index in [0.717, 1.165) is 45.7 Å². The van der Waals surface area contributed by atoms with Gasteiger partial charge in [-0.2, -0.15) is 0 Å². The molecule has 1 N–H and O–H groups in total. The second-order valence-electron chi connectivity index (χ2n) is 9.06. The van der Waals surface area contributed by atoms with Crippen molar-refractivity contribution in [2.24, 2.45) is 0 Å². The fourth-order valence-electron chi connectivity index (χ4n) is 3.92. The van der Waals surface area contributed by atoms with E-state index < -0.39 is 22.0 Å². The van der Waals surface area contributed by atoms with E-state index in [9.17, 15) is 18.0 Å². The van der Waals surface area contributed by atoms with Crippen molar-refractivity contribution in [1.29, 1.82) is 0 Å². The van der Waals surface area contributed by atoms with Gasteiger partial charge in [0.25, 0.3) is 0 Å². The van der Waals surface area contributed by atoms with Crippen molar-refractivity contribution in [3.05, 3.63) is 64.7 Å². The lowest BCUT2D eigenvalue weighted by atomic mass is 10.1. The topological polar surface area (TPSA) is 86.8 Å². The summed E-state index contributed by atoms with van der Waals surface area (Å²) in [6.07, 6.45) is 3.31. The average Bonchev–Trinajstić information content (AvgIpc) is 2.80. The molecule has 2 amide bonds. The molecule has 7 nitrogen and oxygen atoms in total. The van der Waals surface area contributed by atoms with Crippen molar-refractivity contribution in [2.45, 2.75) is 66.5 Å². The van der Waals surface area contributed by atoms with Crippen LogP contribution in [-0.2, 0) is 26.2 Å². The quantitative estimate of drug-likeness (QED) is 0.444. The lowest BCUT2D eigenvalue weighted by Crippen LogP contribution is -2.52. The summed E-state index contributed by atoms with van der Waals surface area (Å²) in [5.74, 6) is -0.645. The van der Waals surface area contributed by atoms with E-state index in [1.165, 1.54) is 4.90 Å². The smallest absolute Gasteiger partial charge is 0.244 e. The van der Waals surface area contributed by atoms with E-state index in [1.54, 1.807) is 12.1 Å².